The lowest BCUT2D eigenvalue weighted by atomic mass is 9.87. The molecule has 4 rings (SSSR count). The van der Waals surface area contributed by atoms with Crippen LogP contribution in [0.3, 0.4) is 0 Å². The summed E-state index contributed by atoms with van der Waals surface area (Å²) in [6.07, 6.45) is 3.39. The average Bonchev–Trinajstić information content (AvgIpc) is 2.67. The monoisotopic (exact) mass is 350 g/mol. The van der Waals surface area contributed by atoms with Gasteiger partial charge in [0.05, 0.1) is 11.7 Å². The standard InChI is InChI=1S/C21H22N2O3/c24-20(22-17-9-5-7-15-6-1-2-8-16(15)17)12-13-23-18-10-3-4-11-19(18)26-14-21(23)25/h1-4,6,8,10-11,17H,5,7,9,12-14H2,(H,22,24). The fraction of sp³-hybridized carbons (Fsp3) is 0.333. The number of fused-ring (bicyclic) bond motifs is 2. The molecule has 1 N–H and O–H groups in total. The maximum atomic E-state index is 12.5. The Morgan fingerprint density at radius 2 is 1.96 bits per heavy atom. The van der Waals surface area contributed by atoms with Gasteiger partial charge in [-0.3, -0.25) is 9.59 Å². The van der Waals surface area contributed by atoms with Crippen molar-refractivity contribution >= 4 is 17.5 Å². The fourth-order valence-corrected chi connectivity index (χ4v) is 3.78. The first kappa shape index (κ1) is 16.6. The number of carbonyl (C=O) groups is 2. The van der Waals surface area contributed by atoms with Crippen molar-refractivity contribution in [2.45, 2.75) is 31.7 Å². The van der Waals surface area contributed by atoms with Crippen LogP contribution < -0.4 is 15.0 Å². The van der Waals surface area contributed by atoms with E-state index >= 15 is 0 Å². The minimum absolute atomic E-state index is 0.0225. The summed E-state index contributed by atoms with van der Waals surface area (Å²) in [4.78, 5) is 26.3. The largest absolute Gasteiger partial charge is 0.482 e. The van der Waals surface area contributed by atoms with Crippen molar-refractivity contribution in [3.63, 3.8) is 0 Å². The van der Waals surface area contributed by atoms with E-state index in [9.17, 15) is 9.59 Å². The second kappa shape index (κ2) is 7.20. The number of para-hydroxylation sites is 2. The van der Waals surface area contributed by atoms with Gasteiger partial charge >= 0.3 is 0 Å². The summed E-state index contributed by atoms with van der Waals surface area (Å²) >= 11 is 0. The Balaban J connectivity index is 1.40. The number of benzene rings is 2. The van der Waals surface area contributed by atoms with Gasteiger partial charge in [0.25, 0.3) is 5.91 Å². The molecular weight excluding hydrogens is 328 g/mol. The molecule has 0 fully saturated rings. The van der Waals surface area contributed by atoms with E-state index in [1.165, 1.54) is 11.1 Å². The summed E-state index contributed by atoms with van der Waals surface area (Å²) in [5, 5.41) is 3.15. The normalized spacial score (nSPS) is 18.5. The van der Waals surface area contributed by atoms with Crippen molar-refractivity contribution < 1.29 is 14.3 Å². The smallest absolute Gasteiger partial charge is 0.265 e. The van der Waals surface area contributed by atoms with Gasteiger partial charge in [-0.2, -0.15) is 0 Å². The Morgan fingerprint density at radius 1 is 1.15 bits per heavy atom. The van der Waals surface area contributed by atoms with E-state index in [1.807, 2.05) is 36.4 Å². The summed E-state index contributed by atoms with van der Waals surface area (Å²) in [6, 6.07) is 15.8. The number of rotatable bonds is 4. The summed E-state index contributed by atoms with van der Waals surface area (Å²) in [6.45, 7) is 0.383. The lowest BCUT2D eigenvalue weighted by molar-refractivity contribution is -0.122. The molecule has 1 aliphatic carbocycles. The summed E-state index contributed by atoms with van der Waals surface area (Å²) in [5.41, 5.74) is 3.28. The SMILES string of the molecule is O=C(CCN1C(=O)COc2ccccc21)NC1CCCc2ccccc21. The predicted molar refractivity (Wildman–Crippen MR) is 99.2 cm³/mol. The number of nitrogens with one attached hydrogen (secondary N) is 1. The molecule has 2 aliphatic rings. The highest BCUT2D eigenvalue weighted by Gasteiger charge is 2.26. The number of aryl methyl sites for hydroxylation is 1. The first-order valence-corrected chi connectivity index (χ1v) is 9.12. The molecule has 2 aromatic rings. The number of ether oxygens (including phenoxy) is 1. The lowest BCUT2D eigenvalue weighted by Gasteiger charge is -2.30. The van der Waals surface area contributed by atoms with E-state index in [2.05, 4.69) is 17.4 Å². The summed E-state index contributed by atoms with van der Waals surface area (Å²) in [5.74, 6) is 0.553. The van der Waals surface area contributed by atoms with Crippen LogP contribution in [0.1, 0.15) is 36.4 Å². The molecule has 1 unspecified atom stereocenters. The van der Waals surface area contributed by atoms with Gasteiger partial charge in [-0.25, -0.2) is 0 Å². The van der Waals surface area contributed by atoms with Gasteiger partial charge in [-0.15, -0.1) is 0 Å². The van der Waals surface area contributed by atoms with Gasteiger partial charge in [-0.05, 0) is 42.5 Å². The lowest BCUT2D eigenvalue weighted by Crippen LogP contribution is -2.41. The highest BCUT2D eigenvalue weighted by atomic mass is 16.5. The first-order chi connectivity index (χ1) is 12.7. The number of carbonyl (C=O) groups excluding carboxylic acids is 2. The number of hydrogen-bond acceptors (Lipinski definition) is 3. The van der Waals surface area contributed by atoms with Gasteiger partial charge in [0.15, 0.2) is 6.61 Å². The van der Waals surface area contributed by atoms with Crippen molar-refractivity contribution in [3.8, 4) is 5.75 Å². The van der Waals surface area contributed by atoms with Crippen LogP contribution in [0.4, 0.5) is 5.69 Å². The van der Waals surface area contributed by atoms with Gasteiger partial charge in [0.2, 0.25) is 5.91 Å². The number of nitrogens with zero attached hydrogens (tertiary/aromatic N) is 1. The van der Waals surface area contributed by atoms with E-state index in [-0.39, 0.29) is 30.9 Å². The van der Waals surface area contributed by atoms with Crippen LogP contribution in [0.2, 0.25) is 0 Å². The van der Waals surface area contributed by atoms with Crippen LogP contribution >= 0.6 is 0 Å². The molecular formula is C21H22N2O3. The molecule has 0 saturated heterocycles. The third-order valence-electron chi connectivity index (χ3n) is 5.08. The molecule has 0 aromatic heterocycles. The maximum absolute atomic E-state index is 12.5. The Labute approximate surface area is 153 Å². The molecule has 0 saturated carbocycles. The molecule has 1 heterocycles. The summed E-state index contributed by atoms with van der Waals surface area (Å²) < 4.78 is 5.44. The topological polar surface area (TPSA) is 58.6 Å². The van der Waals surface area contributed by atoms with Crippen LogP contribution in [0.5, 0.6) is 5.75 Å². The number of hydrogen-bond donors (Lipinski definition) is 1. The van der Waals surface area contributed by atoms with Gasteiger partial charge in [0, 0.05) is 13.0 Å². The highest BCUT2D eigenvalue weighted by molar-refractivity contribution is 5.98. The van der Waals surface area contributed by atoms with Crippen LogP contribution in [0, 0.1) is 0 Å². The van der Waals surface area contributed by atoms with Crippen molar-refractivity contribution in [1.82, 2.24) is 5.32 Å². The Hall–Kier alpha value is -2.82. The van der Waals surface area contributed by atoms with Crippen molar-refractivity contribution in [3.05, 3.63) is 59.7 Å². The van der Waals surface area contributed by atoms with Crippen LogP contribution in [-0.4, -0.2) is 25.0 Å². The number of amides is 2. The molecule has 2 amide bonds. The maximum Gasteiger partial charge on any atom is 0.265 e. The van der Waals surface area contributed by atoms with E-state index in [4.69, 9.17) is 4.74 Å². The van der Waals surface area contributed by atoms with Gasteiger partial charge in [0.1, 0.15) is 5.75 Å². The van der Waals surface area contributed by atoms with E-state index in [0.29, 0.717) is 12.3 Å². The Bertz CT molecular complexity index is 834. The Morgan fingerprint density at radius 3 is 2.88 bits per heavy atom. The minimum atomic E-state index is -0.112. The third kappa shape index (κ3) is 3.29. The molecule has 5 nitrogen and oxygen atoms in total. The zero-order valence-corrected chi connectivity index (χ0v) is 14.6. The second-order valence-electron chi connectivity index (χ2n) is 6.76. The fourth-order valence-electron chi connectivity index (χ4n) is 3.78. The summed E-state index contributed by atoms with van der Waals surface area (Å²) in [7, 11) is 0. The first-order valence-electron chi connectivity index (χ1n) is 9.12. The zero-order valence-electron chi connectivity index (χ0n) is 14.6. The molecule has 26 heavy (non-hydrogen) atoms. The molecule has 134 valence electrons. The van der Waals surface area contributed by atoms with Gasteiger partial charge in [-0.1, -0.05) is 36.4 Å². The Kier molecular flexibility index (Phi) is 4.61. The zero-order chi connectivity index (χ0) is 17.9. The van der Waals surface area contributed by atoms with E-state index < -0.39 is 0 Å². The number of anilines is 1. The van der Waals surface area contributed by atoms with Crippen molar-refractivity contribution in [2.24, 2.45) is 0 Å². The minimum Gasteiger partial charge on any atom is -0.482 e. The van der Waals surface area contributed by atoms with E-state index in [0.717, 1.165) is 24.9 Å². The van der Waals surface area contributed by atoms with E-state index in [1.54, 1.807) is 4.90 Å². The molecule has 0 spiro atoms. The predicted octanol–water partition coefficient (Wildman–Crippen LogP) is 3.00. The second-order valence-corrected chi connectivity index (χ2v) is 6.76. The van der Waals surface area contributed by atoms with Crippen LogP contribution in [0.15, 0.2) is 48.5 Å². The molecule has 5 heteroatoms. The average molecular weight is 350 g/mol. The quantitative estimate of drug-likeness (QED) is 0.922. The highest BCUT2D eigenvalue weighted by Crippen LogP contribution is 2.32. The van der Waals surface area contributed by atoms with Crippen LogP contribution in [-0.2, 0) is 16.0 Å². The molecule has 2 aromatic carbocycles. The van der Waals surface area contributed by atoms with Crippen molar-refractivity contribution in [1.29, 1.82) is 0 Å². The third-order valence-corrected chi connectivity index (χ3v) is 5.08. The molecule has 1 atom stereocenters. The van der Waals surface area contributed by atoms with Crippen LogP contribution in [0.25, 0.3) is 0 Å². The van der Waals surface area contributed by atoms with Gasteiger partial charge < -0.3 is 15.0 Å². The molecule has 0 bridgehead atoms. The molecule has 1 aliphatic heterocycles. The van der Waals surface area contributed by atoms with Crippen molar-refractivity contribution in [2.75, 3.05) is 18.1 Å². The molecule has 0 radical (unpaired) electrons.